The number of rotatable bonds is 11. The van der Waals surface area contributed by atoms with Gasteiger partial charge in [-0.1, -0.05) is 322 Å². The summed E-state index contributed by atoms with van der Waals surface area (Å²) in [7, 11) is 0. The first-order valence-corrected chi connectivity index (χ1v) is 39.4. The summed E-state index contributed by atoms with van der Waals surface area (Å²) in [4.78, 5) is 30.2. The van der Waals surface area contributed by atoms with Crippen molar-refractivity contribution >= 4 is 75.9 Å². The van der Waals surface area contributed by atoms with Crippen LogP contribution in [0.3, 0.4) is 0 Å². The largest absolute Gasteiger partial charge is 0.309 e. The van der Waals surface area contributed by atoms with E-state index in [1.165, 1.54) is 143 Å². The highest BCUT2D eigenvalue weighted by atomic mass is 15.0. The Bertz CT molecular complexity index is 7690. The van der Waals surface area contributed by atoms with E-state index < -0.39 is 0 Å². The molecule has 0 spiro atoms. The minimum Gasteiger partial charge on any atom is -0.309 e. The van der Waals surface area contributed by atoms with E-state index in [1.807, 2.05) is 66.7 Å². The average Bonchev–Trinajstić information content (AvgIpc) is 1.54. The lowest BCUT2D eigenvalue weighted by Crippen LogP contribution is -2.00. The van der Waals surface area contributed by atoms with Crippen LogP contribution in [0.2, 0.25) is 0 Å². The fourth-order valence-corrected chi connectivity index (χ4v) is 18.1. The molecule has 0 aliphatic heterocycles. The lowest BCUT2D eigenvalue weighted by atomic mass is 9.90. The maximum absolute atomic E-state index is 5.09. The van der Waals surface area contributed by atoms with Gasteiger partial charge in [-0.05, 0) is 178 Å². The number of benzene rings is 18. The molecule has 0 N–H and O–H groups in total. The average molecular weight is 1480 g/mol. The van der Waals surface area contributed by atoms with Crippen molar-refractivity contribution in [1.29, 1.82) is 0 Å². The SMILES string of the molecule is c1ccc(-c2ccc(-c3nc(-c4ccccc4)nc(-c4ccc(-n5c6cccc7c6c6c8c(ccc(-c9ccccc9)c8ccc65)-c5ccccc5-7)cc4)n3)cc2)cc1.c1ccc(-c2nc(-c3ccc(-n4c5cccc6c5c5c7c(ccc(-c8ccccc8)c7ccc54)-c4ccccc4-6)cc3)nc(-c3ccc4ccccc4c3)n2)cc1. The van der Waals surface area contributed by atoms with Gasteiger partial charge in [0.1, 0.15) is 0 Å². The molecule has 0 bridgehead atoms. The summed E-state index contributed by atoms with van der Waals surface area (Å²) in [6.45, 7) is 0. The van der Waals surface area contributed by atoms with Crippen LogP contribution in [0.15, 0.2) is 400 Å². The molecule has 0 atom stereocenters. The molecule has 4 aromatic heterocycles. The van der Waals surface area contributed by atoms with E-state index >= 15 is 0 Å². The van der Waals surface area contributed by atoms with Crippen molar-refractivity contribution in [2.75, 3.05) is 0 Å². The van der Waals surface area contributed by atoms with Gasteiger partial charge in [-0.25, -0.2) is 29.9 Å². The molecular formula is C108H66N8. The van der Waals surface area contributed by atoms with E-state index in [0.717, 1.165) is 55.7 Å². The first-order valence-electron chi connectivity index (χ1n) is 39.4. The van der Waals surface area contributed by atoms with Gasteiger partial charge in [0.2, 0.25) is 0 Å². The van der Waals surface area contributed by atoms with Gasteiger partial charge >= 0.3 is 0 Å². The second kappa shape index (κ2) is 27.1. The third-order valence-corrected chi connectivity index (χ3v) is 23.4. The standard InChI is InChI=1S/C55H34N4.C53H32N4/c1-4-13-35(14-5-1)36-23-25-39(26-24-36)54-56-53(38-17-8-3-9-18-38)57-55(58-54)40-27-29-41(30-28-40)59-48-22-12-21-45-43-19-10-11-20-44(43)47-32-31-42(37-15-6-2-7-16-37)46-33-34-49(59)52(50(46)47)51(45)48;1-3-13-34(14-4-1)40-28-29-45-42-19-10-9-18-41(42)43-20-11-21-46-49(43)50-47(31-30-44(40)48(45)50)57(46)39-26-24-36(25-27-39)52-54-51(35-15-5-2-6-16-35)55-53(56-52)38-23-22-33-12-7-8-17-37(33)32-38/h1-34H;1-32H. The van der Waals surface area contributed by atoms with Crippen LogP contribution in [0.1, 0.15) is 0 Å². The number of hydrogen-bond donors (Lipinski definition) is 0. The summed E-state index contributed by atoms with van der Waals surface area (Å²) < 4.78 is 4.85. The van der Waals surface area contributed by atoms with Crippen molar-refractivity contribution in [3.05, 3.63) is 400 Å². The van der Waals surface area contributed by atoms with Gasteiger partial charge in [-0.3, -0.25) is 0 Å². The van der Waals surface area contributed by atoms with Gasteiger partial charge in [0.05, 0.1) is 22.1 Å². The van der Waals surface area contributed by atoms with Crippen molar-refractivity contribution in [1.82, 2.24) is 39.0 Å². The van der Waals surface area contributed by atoms with Crippen molar-refractivity contribution in [3.8, 4) is 158 Å². The van der Waals surface area contributed by atoms with Crippen molar-refractivity contribution < 1.29 is 0 Å². The van der Waals surface area contributed by atoms with Crippen LogP contribution in [0.4, 0.5) is 0 Å². The smallest absolute Gasteiger partial charge is 0.164 e. The van der Waals surface area contributed by atoms with Gasteiger partial charge < -0.3 is 9.13 Å². The number of aromatic nitrogens is 8. The molecule has 8 heteroatoms. The maximum Gasteiger partial charge on any atom is 0.164 e. The molecule has 0 amide bonds. The van der Waals surface area contributed by atoms with E-state index in [1.54, 1.807) is 0 Å². The van der Waals surface area contributed by atoms with Crippen molar-refractivity contribution in [3.63, 3.8) is 0 Å². The van der Waals surface area contributed by atoms with Gasteiger partial charge in [0.25, 0.3) is 0 Å². The Morgan fingerprint density at radius 3 is 0.828 bits per heavy atom. The normalized spacial score (nSPS) is 11.8. The zero-order valence-corrected chi connectivity index (χ0v) is 62.7. The number of hydrogen-bond acceptors (Lipinski definition) is 6. The molecule has 8 nitrogen and oxygen atoms in total. The van der Waals surface area contributed by atoms with Crippen LogP contribution < -0.4 is 0 Å². The predicted octanol–water partition coefficient (Wildman–Crippen LogP) is 27.7. The molecule has 0 fully saturated rings. The van der Waals surface area contributed by atoms with Crippen molar-refractivity contribution in [2.24, 2.45) is 0 Å². The molecule has 24 rings (SSSR count). The summed E-state index contributed by atoms with van der Waals surface area (Å²) in [5.41, 5.74) is 29.9. The predicted molar refractivity (Wildman–Crippen MR) is 479 cm³/mol. The van der Waals surface area contributed by atoms with E-state index in [2.05, 4.69) is 343 Å². The zero-order valence-electron chi connectivity index (χ0n) is 62.7. The molecule has 0 radical (unpaired) electrons. The lowest BCUT2D eigenvalue weighted by Gasteiger charge is -2.16. The monoisotopic (exact) mass is 1470 g/mol. The molecular weight excluding hydrogens is 1410 g/mol. The zero-order chi connectivity index (χ0) is 76.3. The van der Waals surface area contributed by atoms with Crippen LogP contribution in [-0.4, -0.2) is 39.0 Å². The summed E-state index contributed by atoms with van der Waals surface area (Å²) in [6.07, 6.45) is 0. The fourth-order valence-electron chi connectivity index (χ4n) is 18.1. The Kier molecular flexibility index (Phi) is 15.5. The van der Waals surface area contributed by atoms with Gasteiger partial charge in [-0.15, -0.1) is 0 Å². The Morgan fingerprint density at radius 1 is 0.147 bits per heavy atom. The highest BCUT2D eigenvalue weighted by Gasteiger charge is 2.29. The third kappa shape index (κ3) is 10.9. The molecule has 18 aromatic carbocycles. The molecule has 116 heavy (non-hydrogen) atoms. The topological polar surface area (TPSA) is 87.2 Å². The third-order valence-electron chi connectivity index (χ3n) is 23.4. The van der Waals surface area contributed by atoms with Crippen LogP contribution in [0, 0.1) is 0 Å². The summed E-state index contributed by atoms with van der Waals surface area (Å²) >= 11 is 0. The van der Waals surface area contributed by atoms with Crippen LogP contribution in [0.5, 0.6) is 0 Å². The number of nitrogens with zero attached hydrogens (tertiary/aromatic N) is 8. The Hall–Kier alpha value is -15.6. The minimum absolute atomic E-state index is 0.632. The van der Waals surface area contributed by atoms with Gasteiger partial charge in [0, 0.05) is 77.1 Å². The maximum atomic E-state index is 5.09. The van der Waals surface area contributed by atoms with E-state index in [-0.39, 0.29) is 0 Å². The Labute approximate surface area is 668 Å². The Balaban J connectivity index is 0.000000137. The second-order valence-corrected chi connectivity index (χ2v) is 29.9. The molecule has 22 aromatic rings. The van der Waals surface area contributed by atoms with Crippen LogP contribution in [-0.2, 0) is 0 Å². The van der Waals surface area contributed by atoms with E-state index in [9.17, 15) is 0 Å². The molecule has 2 aliphatic carbocycles. The lowest BCUT2D eigenvalue weighted by molar-refractivity contribution is 1.07. The summed E-state index contributed by atoms with van der Waals surface area (Å²) in [5.74, 6) is 3.85. The highest BCUT2D eigenvalue weighted by molar-refractivity contribution is 6.33. The molecule has 538 valence electrons. The molecule has 0 unspecified atom stereocenters. The van der Waals surface area contributed by atoms with Crippen molar-refractivity contribution in [2.45, 2.75) is 0 Å². The van der Waals surface area contributed by atoms with Crippen LogP contribution >= 0.6 is 0 Å². The first-order chi connectivity index (χ1) is 57.5. The van der Waals surface area contributed by atoms with Crippen LogP contribution in [0.25, 0.3) is 234 Å². The fraction of sp³-hybridized carbons (Fsp3) is 0. The quantitative estimate of drug-likeness (QED) is 0.128. The van der Waals surface area contributed by atoms with Gasteiger partial charge in [-0.2, -0.15) is 0 Å². The number of fused-ring (bicyclic) bond motifs is 7. The summed E-state index contributed by atoms with van der Waals surface area (Å²) in [5, 5.41) is 12.6. The Morgan fingerprint density at radius 2 is 0.422 bits per heavy atom. The van der Waals surface area contributed by atoms with E-state index in [4.69, 9.17) is 29.9 Å². The molecule has 2 aliphatic rings. The second-order valence-electron chi connectivity index (χ2n) is 29.9. The molecule has 0 saturated carbocycles. The van der Waals surface area contributed by atoms with Gasteiger partial charge in [0.15, 0.2) is 34.9 Å². The summed E-state index contributed by atoms with van der Waals surface area (Å²) in [6, 6.07) is 143. The minimum atomic E-state index is 0.632. The first kappa shape index (κ1) is 66.2. The molecule has 4 heterocycles. The van der Waals surface area contributed by atoms with E-state index in [0.29, 0.717) is 34.9 Å². The molecule has 0 saturated heterocycles. The highest BCUT2D eigenvalue weighted by Crippen LogP contribution is 2.54.